The Labute approximate surface area is 188 Å². The quantitative estimate of drug-likeness (QED) is 0.738. The fourth-order valence-corrected chi connectivity index (χ4v) is 4.83. The zero-order valence-electron chi connectivity index (χ0n) is 19.4. The van der Waals surface area contributed by atoms with Gasteiger partial charge in [-0.15, -0.1) is 0 Å². The molecule has 2 aliphatic rings. The predicted octanol–water partition coefficient (Wildman–Crippen LogP) is 3.70. The number of carbonyl (C=O) groups excluding carboxylic acids is 1. The van der Waals surface area contributed by atoms with E-state index in [1.165, 1.54) is 12.8 Å². The van der Waals surface area contributed by atoms with Crippen molar-refractivity contribution < 1.29 is 28.6 Å². The largest absolute Gasteiger partial charge is 0.493 e. The van der Waals surface area contributed by atoms with E-state index in [9.17, 15) is 4.79 Å². The molecular formula is C24H34N2O6. The van der Waals surface area contributed by atoms with Gasteiger partial charge in [0.2, 0.25) is 5.75 Å². The Morgan fingerprint density at radius 2 is 1.66 bits per heavy atom. The van der Waals surface area contributed by atoms with Crippen molar-refractivity contribution in [1.29, 1.82) is 0 Å². The third-order valence-electron chi connectivity index (χ3n) is 6.52. The highest BCUT2D eigenvalue weighted by molar-refractivity contribution is 6.00. The minimum atomic E-state index is -0.833. The van der Waals surface area contributed by atoms with Gasteiger partial charge in [0.25, 0.3) is 11.9 Å². The first-order valence-corrected chi connectivity index (χ1v) is 11.2. The lowest BCUT2D eigenvalue weighted by Crippen LogP contribution is -2.42. The molecule has 1 aromatic carbocycles. The maximum atomic E-state index is 13.2. The van der Waals surface area contributed by atoms with Crippen LogP contribution < -0.4 is 14.8 Å². The van der Waals surface area contributed by atoms with E-state index in [1.807, 2.05) is 24.0 Å². The number of fused-ring (bicyclic) bond motifs is 1. The van der Waals surface area contributed by atoms with E-state index >= 15 is 0 Å². The van der Waals surface area contributed by atoms with Crippen molar-refractivity contribution in [3.63, 3.8) is 0 Å². The van der Waals surface area contributed by atoms with Gasteiger partial charge in [0, 0.05) is 31.0 Å². The minimum absolute atomic E-state index is 0.0153. The van der Waals surface area contributed by atoms with Gasteiger partial charge in [0.1, 0.15) is 0 Å². The second-order valence-corrected chi connectivity index (χ2v) is 8.47. The molecule has 8 nitrogen and oxygen atoms in total. The fraction of sp³-hybridized carbons (Fsp3) is 0.583. The summed E-state index contributed by atoms with van der Waals surface area (Å²) in [5.41, 5.74) is 1.44. The summed E-state index contributed by atoms with van der Waals surface area (Å²) in [5, 5.41) is 11.8. The number of aryl methyl sites for hydroxylation is 1. The summed E-state index contributed by atoms with van der Waals surface area (Å²) in [6.07, 6.45) is 4.71. The average Bonchev–Trinajstić information content (AvgIpc) is 3.14. The number of hydrogen-bond acceptors (Lipinski definition) is 6. The molecule has 176 valence electrons. The van der Waals surface area contributed by atoms with Gasteiger partial charge < -0.3 is 29.2 Å². The molecule has 4 rings (SSSR count). The molecule has 1 amide bonds. The van der Waals surface area contributed by atoms with Gasteiger partial charge in [0.15, 0.2) is 17.1 Å². The lowest BCUT2D eigenvalue weighted by atomic mass is 9.79. The number of carboxylic acids is 1. The van der Waals surface area contributed by atoms with Crippen molar-refractivity contribution in [1.82, 2.24) is 10.2 Å². The molecule has 3 heterocycles. The number of furan rings is 1. The van der Waals surface area contributed by atoms with Gasteiger partial charge in [0.05, 0.1) is 14.2 Å². The lowest BCUT2D eigenvalue weighted by Gasteiger charge is -2.37. The summed E-state index contributed by atoms with van der Waals surface area (Å²) in [5.74, 6) is 2.26. The number of carboxylic acid groups (broad SMARTS) is 1. The summed E-state index contributed by atoms with van der Waals surface area (Å²) in [6, 6.07) is 3.78. The number of methoxy groups -OCH3 is 2. The number of likely N-dealkylation sites (tertiary alicyclic amines) is 1. The number of nitrogens with zero attached hydrogens (tertiary/aromatic N) is 1. The number of carbonyl (C=O) groups is 2. The van der Waals surface area contributed by atoms with Crippen LogP contribution in [0.2, 0.25) is 0 Å². The molecule has 32 heavy (non-hydrogen) atoms. The highest BCUT2D eigenvalue weighted by Crippen LogP contribution is 2.40. The first-order chi connectivity index (χ1) is 15.4. The summed E-state index contributed by atoms with van der Waals surface area (Å²) in [4.78, 5) is 24.1. The SMILES string of the molecule is CC(=O)O.COc1ccc2c(C)c(C(=O)N3CCC(C4CCNCC4)CC3)oc2c1OC. The van der Waals surface area contributed by atoms with Crippen molar-refractivity contribution in [3.8, 4) is 11.5 Å². The van der Waals surface area contributed by atoms with E-state index in [0.717, 1.165) is 68.7 Å². The summed E-state index contributed by atoms with van der Waals surface area (Å²) in [6.45, 7) is 6.90. The van der Waals surface area contributed by atoms with Crippen LogP contribution in [0.1, 0.15) is 48.7 Å². The van der Waals surface area contributed by atoms with Crippen LogP contribution in [0.15, 0.2) is 16.5 Å². The van der Waals surface area contributed by atoms with Crippen LogP contribution in [0.3, 0.4) is 0 Å². The standard InChI is InChI=1S/C22H30N2O4.C2H4O2/c1-14-17-4-5-18(26-2)21(27-3)20(17)28-19(14)22(25)24-12-8-16(9-13-24)15-6-10-23-11-7-15;1-2(3)4/h4-5,15-16,23H,6-13H2,1-3H3;1H3,(H,3,4). The third-order valence-corrected chi connectivity index (χ3v) is 6.52. The van der Waals surface area contributed by atoms with Crippen molar-refractivity contribution in [3.05, 3.63) is 23.5 Å². The van der Waals surface area contributed by atoms with Crippen LogP contribution in [-0.4, -0.2) is 62.3 Å². The van der Waals surface area contributed by atoms with Gasteiger partial charge in [-0.1, -0.05) is 0 Å². The predicted molar refractivity (Wildman–Crippen MR) is 122 cm³/mol. The molecule has 2 fully saturated rings. The highest BCUT2D eigenvalue weighted by Gasteiger charge is 2.32. The smallest absolute Gasteiger partial charge is 0.300 e. The summed E-state index contributed by atoms with van der Waals surface area (Å²) < 4.78 is 16.8. The zero-order chi connectivity index (χ0) is 23.3. The molecule has 8 heteroatoms. The number of amides is 1. The molecule has 0 radical (unpaired) electrons. The molecule has 1 aromatic heterocycles. The normalized spacial score (nSPS) is 17.6. The second kappa shape index (κ2) is 10.7. The molecule has 2 aliphatic heterocycles. The van der Waals surface area contributed by atoms with Crippen molar-refractivity contribution in [2.24, 2.45) is 11.8 Å². The van der Waals surface area contributed by atoms with Crippen molar-refractivity contribution in [2.45, 2.75) is 39.5 Å². The molecule has 0 atom stereocenters. The topological polar surface area (TPSA) is 101 Å². The van der Waals surface area contributed by atoms with E-state index in [1.54, 1.807) is 14.2 Å². The molecular weight excluding hydrogens is 412 g/mol. The number of rotatable bonds is 4. The summed E-state index contributed by atoms with van der Waals surface area (Å²) in [7, 11) is 3.18. The minimum Gasteiger partial charge on any atom is -0.493 e. The fourth-order valence-electron chi connectivity index (χ4n) is 4.83. The Hall–Kier alpha value is -2.74. The molecule has 2 saturated heterocycles. The van der Waals surface area contributed by atoms with Crippen LogP contribution in [0.5, 0.6) is 11.5 Å². The number of hydrogen-bond donors (Lipinski definition) is 2. The van der Waals surface area contributed by atoms with Gasteiger partial charge in [-0.05, 0) is 69.7 Å². The molecule has 0 aliphatic carbocycles. The Balaban J connectivity index is 0.000000668. The second-order valence-electron chi connectivity index (χ2n) is 8.47. The lowest BCUT2D eigenvalue weighted by molar-refractivity contribution is -0.134. The van der Waals surface area contributed by atoms with Crippen LogP contribution in [-0.2, 0) is 4.79 Å². The molecule has 2 N–H and O–H groups in total. The number of benzene rings is 1. The first-order valence-electron chi connectivity index (χ1n) is 11.2. The Morgan fingerprint density at radius 3 is 2.22 bits per heavy atom. The van der Waals surface area contributed by atoms with Crippen molar-refractivity contribution in [2.75, 3.05) is 40.4 Å². The van der Waals surface area contributed by atoms with Crippen LogP contribution in [0, 0.1) is 18.8 Å². The maximum Gasteiger partial charge on any atom is 0.300 e. The van der Waals surface area contributed by atoms with Gasteiger partial charge >= 0.3 is 0 Å². The monoisotopic (exact) mass is 446 g/mol. The number of aliphatic carboxylic acids is 1. The molecule has 0 bridgehead atoms. The van der Waals surface area contributed by atoms with Crippen LogP contribution in [0.25, 0.3) is 11.0 Å². The zero-order valence-corrected chi connectivity index (χ0v) is 19.4. The van der Waals surface area contributed by atoms with Gasteiger partial charge in [-0.25, -0.2) is 0 Å². The molecule has 2 aromatic rings. The maximum absolute atomic E-state index is 13.2. The Kier molecular flexibility index (Phi) is 8.01. The van der Waals surface area contributed by atoms with E-state index in [2.05, 4.69) is 5.32 Å². The molecule has 0 saturated carbocycles. The summed E-state index contributed by atoms with van der Waals surface area (Å²) >= 11 is 0. The number of nitrogens with one attached hydrogen (secondary N) is 1. The van der Waals surface area contributed by atoms with E-state index in [0.29, 0.717) is 22.8 Å². The number of piperidine rings is 2. The Bertz CT molecular complexity index is 936. The van der Waals surface area contributed by atoms with Crippen LogP contribution in [0.4, 0.5) is 0 Å². The third kappa shape index (κ3) is 5.18. The average molecular weight is 447 g/mol. The van der Waals surface area contributed by atoms with Gasteiger partial charge in [-0.2, -0.15) is 0 Å². The van der Waals surface area contributed by atoms with E-state index in [-0.39, 0.29) is 5.91 Å². The molecule has 0 spiro atoms. The molecule has 0 unspecified atom stereocenters. The van der Waals surface area contributed by atoms with Crippen molar-refractivity contribution >= 4 is 22.8 Å². The van der Waals surface area contributed by atoms with E-state index in [4.69, 9.17) is 23.8 Å². The first kappa shape index (κ1) is 23.9. The van der Waals surface area contributed by atoms with E-state index < -0.39 is 5.97 Å². The highest BCUT2D eigenvalue weighted by atomic mass is 16.5. The Morgan fingerprint density at radius 1 is 1.06 bits per heavy atom. The van der Waals surface area contributed by atoms with Gasteiger partial charge in [-0.3, -0.25) is 9.59 Å². The van der Waals surface area contributed by atoms with Crippen LogP contribution >= 0.6 is 0 Å². The number of ether oxygens (including phenoxy) is 2.